The van der Waals surface area contributed by atoms with Crippen molar-refractivity contribution in [1.82, 2.24) is 10.6 Å². The molecule has 19 heavy (non-hydrogen) atoms. The van der Waals surface area contributed by atoms with E-state index in [0.717, 1.165) is 0 Å². The Morgan fingerprint density at radius 1 is 1.58 bits per heavy atom. The first-order chi connectivity index (χ1) is 8.92. The van der Waals surface area contributed by atoms with Gasteiger partial charge in [-0.3, -0.25) is 0 Å². The zero-order valence-corrected chi connectivity index (χ0v) is 11.5. The number of amides is 1. The summed E-state index contributed by atoms with van der Waals surface area (Å²) in [6, 6.07) is 0. The molecule has 2 saturated heterocycles. The van der Waals surface area contributed by atoms with Crippen LogP contribution in [0.5, 0.6) is 0 Å². The Balaban J connectivity index is 2.32. The quantitative estimate of drug-likeness (QED) is 0.708. The summed E-state index contributed by atoms with van der Waals surface area (Å²) in [4.78, 5) is 28.5. The summed E-state index contributed by atoms with van der Waals surface area (Å²) in [7, 11) is 0. The minimum absolute atomic E-state index is 0.123. The van der Waals surface area contributed by atoms with E-state index in [-0.39, 0.29) is 13.2 Å². The van der Waals surface area contributed by atoms with Crippen LogP contribution in [0.15, 0.2) is 0 Å². The van der Waals surface area contributed by atoms with E-state index < -0.39 is 22.3 Å². The smallest absolute Gasteiger partial charge is 0.417 e. The molecule has 0 aliphatic carbocycles. The summed E-state index contributed by atoms with van der Waals surface area (Å²) in [5.74, 6) is -0.490. The summed E-state index contributed by atoms with van der Waals surface area (Å²) >= 11 is 0. The normalized spacial score (nSPS) is 31.0. The van der Waals surface area contributed by atoms with E-state index in [2.05, 4.69) is 5.59 Å². The fraction of sp³-hybridized carbons (Fsp3) is 0.818. The average molecular weight is 274 g/mol. The lowest BCUT2D eigenvalue weighted by Gasteiger charge is -2.46. The fourth-order valence-electron chi connectivity index (χ4n) is 2.43. The molecule has 2 aliphatic rings. The van der Waals surface area contributed by atoms with Crippen LogP contribution in [-0.2, 0) is 19.1 Å². The number of carbonyl (C=O) groups excluding carboxylic acids is 2. The molecule has 0 spiro atoms. The van der Waals surface area contributed by atoms with Gasteiger partial charge in [0.15, 0.2) is 0 Å². The molecular formula is C11H20N3O5+. The van der Waals surface area contributed by atoms with Gasteiger partial charge in [-0.25, -0.2) is 4.79 Å². The molecule has 0 aromatic carbocycles. The van der Waals surface area contributed by atoms with E-state index in [0.29, 0.717) is 19.8 Å². The molecular weight excluding hydrogens is 254 g/mol. The van der Waals surface area contributed by atoms with E-state index in [9.17, 15) is 9.59 Å². The number of carbonyl (C=O) groups is 2. The van der Waals surface area contributed by atoms with Crippen LogP contribution >= 0.6 is 0 Å². The third-order valence-corrected chi connectivity index (χ3v) is 3.25. The molecule has 2 heterocycles. The van der Waals surface area contributed by atoms with E-state index in [1.54, 1.807) is 6.92 Å². The lowest BCUT2D eigenvalue weighted by molar-refractivity contribution is -1.02. The van der Waals surface area contributed by atoms with Crippen molar-refractivity contribution in [1.29, 1.82) is 0 Å². The molecule has 1 amide bonds. The highest BCUT2D eigenvalue weighted by molar-refractivity contribution is 5.74. The summed E-state index contributed by atoms with van der Waals surface area (Å²) in [6.45, 7) is 7.15. The van der Waals surface area contributed by atoms with Crippen LogP contribution in [0.4, 0.5) is 4.79 Å². The van der Waals surface area contributed by atoms with Crippen molar-refractivity contribution in [3.05, 3.63) is 0 Å². The Hall–Kier alpha value is -1.22. The van der Waals surface area contributed by atoms with Crippen LogP contribution < -0.4 is 5.59 Å². The SMILES string of the molecule is CCOC(=O)[N+]1(N2CCOCC2(C)C)CC(=O)ON1. The number of hydrogen-bond donors (Lipinski definition) is 1. The number of quaternary nitrogens is 1. The minimum atomic E-state index is -0.552. The molecule has 0 aromatic rings. The van der Waals surface area contributed by atoms with Gasteiger partial charge in [0, 0.05) is 5.59 Å². The first-order valence-corrected chi connectivity index (χ1v) is 6.30. The molecule has 0 bridgehead atoms. The van der Waals surface area contributed by atoms with E-state index in [1.807, 2.05) is 18.9 Å². The maximum atomic E-state index is 12.3. The first-order valence-electron chi connectivity index (χ1n) is 6.30. The second-order valence-electron chi connectivity index (χ2n) is 5.18. The number of ether oxygens (including phenoxy) is 2. The number of nitrogens with zero attached hydrogens (tertiary/aromatic N) is 2. The maximum Gasteiger partial charge on any atom is 0.560 e. The molecule has 2 rings (SSSR count). The maximum absolute atomic E-state index is 12.3. The highest BCUT2D eigenvalue weighted by Gasteiger charge is 2.59. The van der Waals surface area contributed by atoms with Crippen LogP contribution in [0.1, 0.15) is 20.8 Å². The van der Waals surface area contributed by atoms with Crippen molar-refractivity contribution in [3.63, 3.8) is 0 Å². The van der Waals surface area contributed by atoms with Gasteiger partial charge >= 0.3 is 12.1 Å². The van der Waals surface area contributed by atoms with Gasteiger partial charge < -0.3 is 14.3 Å². The van der Waals surface area contributed by atoms with Crippen molar-refractivity contribution < 1.29 is 28.6 Å². The molecule has 0 saturated carbocycles. The Kier molecular flexibility index (Phi) is 3.77. The summed E-state index contributed by atoms with van der Waals surface area (Å²) < 4.78 is 10.0. The molecule has 8 heteroatoms. The predicted molar refractivity (Wildman–Crippen MR) is 63.0 cm³/mol. The fourth-order valence-corrected chi connectivity index (χ4v) is 2.43. The van der Waals surface area contributed by atoms with Crippen LogP contribution in [0.25, 0.3) is 0 Å². The molecule has 1 atom stereocenters. The molecule has 1 unspecified atom stereocenters. The molecule has 1 N–H and O–H groups in total. The number of rotatable bonds is 2. The largest absolute Gasteiger partial charge is 0.560 e. The molecule has 0 aromatic heterocycles. The van der Waals surface area contributed by atoms with E-state index in [4.69, 9.17) is 14.3 Å². The highest BCUT2D eigenvalue weighted by atomic mass is 16.8. The Morgan fingerprint density at radius 3 is 2.84 bits per heavy atom. The molecule has 108 valence electrons. The number of nitrogens with one attached hydrogen (secondary N) is 1. The van der Waals surface area contributed by atoms with Crippen molar-refractivity contribution in [2.45, 2.75) is 26.3 Å². The van der Waals surface area contributed by atoms with E-state index >= 15 is 0 Å². The highest BCUT2D eigenvalue weighted by Crippen LogP contribution is 2.28. The third kappa shape index (κ3) is 2.44. The van der Waals surface area contributed by atoms with Crippen LogP contribution in [0, 0.1) is 0 Å². The zero-order valence-electron chi connectivity index (χ0n) is 11.5. The number of morpholine rings is 1. The Bertz CT molecular complexity index is 387. The van der Waals surface area contributed by atoms with Gasteiger partial charge in [-0.1, -0.05) is 0 Å². The van der Waals surface area contributed by atoms with Crippen LogP contribution in [0.2, 0.25) is 0 Å². The van der Waals surface area contributed by atoms with Gasteiger partial charge in [0.05, 0.1) is 31.9 Å². The molecule has 2 aliphatic heterocycles. The predicted octanol–water partition coefficient (Wildman–Crippen LogP) is -0.0381. The molecule has 2 fully saturated rings. The number of hydrogen-bond acceptors (Lipinski definition) is 7. The topological polar surface area (TPSA) is 77.1 Å². The van der Waals surface area contributed by atoms with Gasteiger partial charge in [-0.2, -0.15) is 4.79 Å². The second-order valence-corrected chi connectivity index (χ2v) is 5.18. The summed E-state index contributed by atoms with van der Waals surface area (Å²) in [6.07, 6.45) is -0.552. The average Bonchev–Trinajstić information content (AvgIpc) is 2.72. The first kappa shape index (κ1) is 14.2. The van der Waals surface area contributed by atoms with E-state index in [1.165, 1.54) is 0 Å². The van der Waals surface area contributed by atoms with Gasteiger partial charge in [-0.15, -0.1) is 5.01 Å². The summed E-state index contributed by atoms with van der Waals surface area (Å²) in [5.41, 5.74) is 2.09. The minimum Gasteiger partial charge on any atom is -0.417 e. The van der Waals surface area contributed by atoms with Crippen molar-refractivity contribution >= 4 is 12.1 Å². The monoisotopic (exact) mass is 274 g/mol. The molecule has 0 radical (unpaired) electrons. The van der Waals surface area contributed by atoms with Gasteiger partial charge in [0.1, 0.15) is 0 Å². The molecule has 8 nitrogen and oxygen atoms in total. The Morgan fingerprint density at radius 2 is 2.32 bits per heavy atom. The van der Waals surface area contributed by atoms with Crippen LogP contribution in [-0.4, -0.2) is 60.2 Å². The van der Waals surface area contributed by atoms with Gasteiger partial charge in [0.25, 0.3) is 0 Å². The zero-order chi connectivity index (χ0) is 14.1. The summed E-state index contributed by atoms with van der Waals surface area (Å²) in [5, 5.41) is 1.83. The lowest BCUT2D eigenvalue weighted by atomic mass is 10.0. The van der Waals surface area contributed by atoms with Crippen LogP contribution in [0.3, 0.4) is 0 Å². The lowest BCUT2D eigenvalue weighted by Crippen LogP contribution is -2.75. The third-order valence-electron chi connectivity index (χ3n) is 3.25. The van der Waals surface area contributed by atoms with Crippen molar-refractivity contribution in [3.8, 4) is 0 Å². The Labute approximate surface area is 111 Å². The second kappa shape index (κ2) is 5.04. The van der Waals surface area contributed by atoms with Gasteiger partial charge in [-0.05, 0) is 25.5 Å². The van der Waals surface area contributed by atoms with Gasteiger partial charge in [0.2, 0.25) is 6.54 Å². The van der Waals surface area contributed by atoms with Crippen molar-refractivity contribution in [2.24, 2.45) is 0 Å². The standard InChI is InChI=1S/C11H20N3O5/c1-4-18-10(16)14(7-9(15)19-12-14)13-5-6-17-8-11(13,2)3/h12H,4-8H2,1-3H3/q+1. The van der Waals surface area contributed by atoms with Crippen molar-refractivity contribution in [2.75, 3.05) is 32.9 Å².